The number of hydrogen-bond donors (Lipinski definition) is 1. The zero-order valence-corrected chi connectivity index (χ0v) is 11.6. The average Bonchev–Trinajstić information content (AvgIpc) is 2.38. The van der Waals surface area contributed by atoms with Gasteiger partial charge in [-0.05, 0) is 31.2 Å². The molecule has 2 aromatic rings. The Kier molecular flexibility index (Phi) is 4.11. The Morgan fingerprint density at radius 1 is 1.37 bits per heavy atom. The van der Waals surface area contributed by atoms with Gasteiger partial charge in [0.15, 0.2) is 11.6 Å². The molecule has 0 saturated carbocycles. The van der Waals surface area contributed by atoms with Crippen molar-refractivity contribution >= 4 is 22.0 Å². The second-order valence-corrected chi connectivity index (χ2v) is 4.53. The van der Waals surface area contributed by atoms with Crippen molar-refractivity contribution in [3.05, 3.63) is 52.2 Å². The molecule has 0 fully saturated rings. The van der Waals surface area contributed by atoms with Crippen LogP contribution in [0.4, 0.5) is 4.39 Å². The summed E-state index contributed by atoms with van der Waals surface area (Å²) in [6.07, 6.45) is 3.52. The second kappa shape index (κ2) is 5.79. The lowest BCUT2D eigenvalue weighted by molar-refractivity contribution is 0.409. The molecule has 1 N–H and O–H groups in total. The highest BCUT2D eigenvalue weighted by Crippen LogP contribution is 2.30. The van der Waals surface area contributed by atoms with Gasteiger partial charge in [-0.15, -0.1) is 0 Å². The Hall–Kier alpha value is -1.95. The highest BCUT2D eigenvalue weighted by atomic mass is 79.9. The molecule has 0 bridgehead atoms. The summed E-state index contributed by atoms with van der Waals surface area (Å²) in [5.41, 5.74) is 0.908. The molecule has 0 spiro atoms. The fourth-order valence-electron chi connectivity index (χ4n) is 1.43. The van der Waals surface area contributed by atoms with Crippen LogP contribution in [-0.2, 0) is 0 Å². The third kappa shape index (κ3) is 3.08. The number of nitrogens with zero attached hydrogens (tertiary/aromatic N) is 2. The van der Waals surface area contributed by atoms with Gasteiger partial charge >= 0.3 is 6.01 Å². The lowest BCUT2D eigenvalue weighted by Gasteiger charge is -2.08. The number of aryl methyl sites for hydroxylation is 1. The third-order valence-electron chi connectivity index (χ3n) is 2.31. The van der Waals surface area contributed by atoms with Crippen LogP contribution < -0.4 is 4.74 Å². The van der Waals surface area contributed by atoms with E-state index in [1.54, 1.807) is 19.1 Å². The molecule has 6 heteroatoms. The first-order chi connectivity index (χ1) is 9.11. The molecular weight excluding hydrogens is 315 g/mol. The van der Waals surface area contributed by atoms with Crippen LogP contribution in [0.1, 0.15) is 11.3 Å². The predicted molar refractivity (Wildman–Crippen MR) is 72.6 cm³/mol. The van der Waals surface area contributed by atoms with E-state index in [2.05, 4.69) is 25.9 Å². The largest absolute Gasteiger partial charge is 0.516 e. The summed E-state index contributed by atoms with van der Waals surface area (Å²) in [5.74, 6) is -0.619. The van der Waals surface area contributed by atoms with Crippen LogP contribution in [0.5, 0.6) is 11.8 Å². The minimum atomic E-state index is -0.607. The zero-order valence-electron chi connectivity index (χ0n) is 9.97. The quantitative estimate of drug-likeness (QED) is 0.867. The van der Waals surface area contributed by atoms with E-state index in [0.717, 1.165) is 12.0 Å². The first kappa shape index (κ1) is 13.5. The summed E-state index contributed by atoms with van der Waals surface area (Å²) >= 11 is 3.19. The summed E-state index contributed by atoms with van der Waals surface area (Å²) in [6, 6.07) is 4.86. The smallest absolute Gasteiger partial charge is 0.322 e. The van der Waals surface area contributed by atoms with Crippen LogP contribution in [-0.4, -0.2) is 15.1 Å². The van der Waals surface area contributed by atoms with Crippen LogP contribution in [0.15, 0.2) is 35.1 Å². The molecule has 0 unspecified atom stereocenters. The Morgan fingerprint density at radius 3 is 2.84 bits per heavy atom. The van der Waals surface area contributed by atoms with Gasteiger partial charge < -0.3 is 9.84 Å². The summed E-state index contributed by atoms with van der Waals surface area (Å²) in [6.45, 7) is 1.78. The van der Waals surface area contributed by atoms with Crippen molar-refractivity contribution < 1.29 is 14.2 Å². The molecule has 4 nitrogen and oxygen atoms in total. The Bertz CT molecular complexity index is 632. The van der Waals surface area contributed by atoms with Gasteiger partial charge in [0.05, 0.1) is 6.26 Å². The second-order valence-electron chi connectivity index (χ2n) is 3.67. The molecule has 98 valence electrons. The number of aliphatic hydroxyl groups is 1. The summed E-state index contributed by atoms with van der Waals surface area (Å²) in [5, 5.41) is 8.75. The van der Waals surface area contributed by atoms with Gasteiger partial charge in [0.1, 0.15) is 0 Å². The molecular formula is C13H10BrFN2O2. The number of ether oxygens (including phenoxy) is 1. The molecule has 0 aliphatic heterocycles. The van der Waals surface area contributed by atoms with Gasteiger partial charge in [0.25, 0.3) is 0 Å². The minimum absolute atomic E-state index is 0.0121. The van der Waals surface area contributed by atoms with Crippen molar-refractivity contribution in [2.24, 2.45) is 0 Å². The molecule has 19 heavy (non-hydrogen) atoms. The standard InChI is InChI=1S/C13H10BrFN2O2/c1-8-4-6-16-13(17-8)19-11-3-2-10(14)9(5-7-18)12(11)15/h2-7,18H,1H3/b7-5+. The van der Waals surface area contributed by atoms with Crippen LogP contribution in [0.2, 0.25) is 0 Å². The maximum Gasteiger partial charge on any atom is 0.322 e. The number of halogens is 2. The maximum absolute atomic E-state index is 14.1. The highest BCUT2D eigenvalue weighted by molar-refractivity contribution is 9.10. The topological polar surface area (TPSA) is 55.2 Å². The molecule has 1 aromatic carbocycles. The SMILES string of the molecule is Cc1ccnc(Oc2ccc(Br)c(/C=C/O)c2F)n1. The van der Waals surface area contributed by atoms with Crippen molar-refractivity contribution in [1.29, 1.82) is 0 Å². The molecule has 0 aliphatic rings. The van der Waals surface area contributed by atoms with Gasteiger partial charge in [-0.1, -0.05) is 15.9 Å². The number of hydrogen-bond acceptors (Lipinski definition) is 4. The number of rotatable bonds is 3. The third-order valence-corrected chi connectivity index (χ3v) is 3.00. The number of aliphatic hydroxyl groups excluding tert-OH is 1. The van der Waals surface area contributed by atoms with Crippen LogP contribution in [0, 0.1) is 12.7 Å². The first-order valence-corrected chi connectivity index (χ1v) is 6.17. The molecule has 0 atom stereocenters. The van der Waals surface area contributed by atoms with Crippen molar-refractivity contribution in [3.8, 4) is 11.8 Å². The summed E-state index contributed by atoms with van der Waals surface area (Å²) < 4.78 is 19.9. The first-order valence-electron chi connectivity index (χ1n) is 5.38. The van der Waals surface area contributed by atoms with E-state index >= 15 is 0 Å². The molecule has 1 aromatic heterocycles. The predicted octanol–water partition coefficient (Wildman–Crippen LogP) is 4.01. The fourth-order valence-corrected chi connectivity index (χ4v) is 1.87. The molecule has 0 amide bonds. The van der Waals surface area contributed by atoms with Gasteiger partial charge in [-0.25, -0.2) is 14.4 Å². The van der Waals surface area contributed by atoms with E-state index in [1.165, 1.54) is 18.3 Å². The van der Waals surface area contributed by atoms with E-state index in [-0.39, 0.29) is 17.3 Å². The Balaban J connectivity index is 2.38. The van der Waals surface area contributed by atoms with Gasteiger partial charge in [0.2, 0.25) is 0 Å². The number of benzene rings is 1. The number of aromatic nitrogens is 2. The van der Waals surface area contributed by atoms with Crippen molar-refractivity contribution in [2.45, 2.75) is 6.92 Å². The lowest BCUT2D eigenvalue weighted by Crippen LogP contribution is -1.96. The zero-order chi connectivity index (χ0) is 13.8. The van der Waals surface area contributed by atoms with Crippen LogP contribution >= 0.6 is 15.9 Å². The van der Waals surface area contributed by atoms with E-state index in [1.807, 2.05) is 0 Å². The van der Waals surface area contributed by atoms with Crippen LogP contribution in [0.25, 0.3) is 6.08 Å². The highest BCUT2D eigenvalue weighted by Gasteiger charge is 2.13. The van der Waals surface area contributed by atoms with Crippen molar-refractivity contribution in [1.82, 2.24) is 9.97 Å². The van der Waals surface area contributed by atoms with Crippen molar-refractivity contribution in [2.75, 3.05) is 0 Å². The molecule has 0 aliphatic carbocycles. The maximum atomic E-state index is 14.1. The van der Waals surface area contributed by atoms with Crippen molar-refractivity contribution in [3.63, 3.8) is 0 Å². The molecule has 0 radical (unpaired) electrons. The molecule has 0 saturated heterocycles. The van der Waals surface area contributed by atoms with E-state index in [4.69, 9.17) is 9.84 Å². The van der Waals surface area contributed by atoms with Gasteiger partial charge in [-0.2, -0.15) is 0 Å². The monoisotopic (exact) mass is 324 g/mol. The normalized spacial score (nSPS) is 10.9. The van der Waals surface area contributed by atoms with Crippen LogP contribution in [0.3, 0.4) is 0 Å². The van der Waals surface area contributed by atoms with E-state index in [0.29, 0.717) is 4.47 Å². The van der Waals surface area contributed by atoms with Gasteiger partial charge in [-0.3, -0.25) is 0 Å². The lowest BCUT2D eigenvalue weighted by atomic mass is 10.2. The summed E-state index contributed by atoms with van der Waals surface area (Å²) in [7, 11) is 0. The molecule has 1 heterocycles. The Morgan fingerprint density at radius 2 is 2.16 bits per heavy atom. The average molecular weight is 325 g/mol. The van der Waals surface area contributed by atoms with E-state index < -0.39 is 5.82 Å². The van der Waals surface area contributed by atoms with Gasteiger partial charge in [0, 0.05) is 21.9 Å². The minimum Gasteiger partial charge on any atom is -0.516 e. The van der Waals surface area contributed by atoms with E-state index in [9.17, 15) is 4.39 Å². The fraction of sp³-hybridized carbons (Fsp3) is 0.0769. The molecule has 2 rings (SSSR count). The Labute approximate surface area is 117 Å². The summed E-state index contributed by atoms with van der Waals surface area (Å²) in [4.78, 5) is 7.92.